The van der Waals surface area contributed by atoms with Crippen LogP contribution in [0.1, 0.15) is 43.9 Å². The Morgan fingerprint density at radius 2 is 2.08 bits per heavy atom. The summed E-state index contributed by atoms with van der Waals surface area (Å²) in [6.07, 6.45) is 6.91. The quantitative estimate of drug-likeness (QED) is 0.806. The largest absolute Gasteiger partial charge is 0.341 e. The van der Waals surface area contributed by atoms with Gasteiger partial charge in [-0.2, -0.15) is 0 Å². The van der Waals surface area contributed by atoms with Crippen LogP contribution in [-0.4, -0.2) is 72.5 Å². The Morgan fingerprint density at radius 3 is 2.81 bits per heavy atom. The number of nitrogens with zero attached hydrogens (tertiary/aromatic N) is 5. The molecule has 0 unspecified atom stereocenters. The van der Waals surface area contributed by atoms with E-state index < -0.39 is 0 Å². The fraction of sp³-hybridized carbons (Fsp3) is 0.750. The second-order valence-corrected chi connectivity index (χ2v) is 8.30. The molecule has 1 aromatic heterocycles. The van der Waals surface area contributed by atoms with Gasteiger partial charge in [0.15, 0.2) is 0 Å². The number of carbonyl (C=O) groups is 1. The molecular formula is C20H33N5O. The number of aryl methyl sites for hydroxylation is 2. The summed E-state index contributed by atoms with van der Waals surface area (Å²) in [5, 5.41) is 0. The number of amides is 1. The lowest BCUT2D eigenvalue weighted by atomic mass is 9.73. The predicted molar refractivity (Wildman–Crippen MR) is 104 cm³/mol. The molecule has 0 bridgehead atoms. The summed E-state index contributed by atoms with van der Waals surface area (Å²) in [7, 11) is 4.12. The highest BCUT2D eigenvalue weighted by Crippen LogP contribution is 2.39. The predicted octanol–water partition coefficient (Wildman–Crippen LogP) is 2.12. The molecule has 2 fully saturated rings. The summed E-state index contributed by atoms with van der Waals surface area (Å²) in [6, 6.07) is 0. The van der Waals surface area contributed by atoms with Crippen molar-refractivity contribution < 1.29 is 4.79 Å². The van der Waals surface area contributed by atoms with Crippen LogP contribution in [0.15, 0.2) is 6.20 Å². The van der Waals surface area contributed by atoms with Gasteiger partial charge in [-0.25, -0.2) is 9.97 Å². The van der Waals surface area contributed by atoms with Crippen molar-refractivity contribution in [3.05, 3.63) is 17.5 Å². The summed E-state index contributed by atoms with van der Waals surface area (Å²) < 4.78 is 0. The van der Waals surface area contributed by atoms with Gasteiger partial charge >= 0.3 is 0 Å². The highest BCUT2D eigenvalue weighted by Gasteiger charge is 2.42. The van der Waals surface area contributed by atoms with Crippen molar-refractivity contribution in [1.82, 2.24) is 19.8 Å². The first-order chi connectivity index (χ1) is 12.4. The molecule has 0 aliphatic carbocycles. The summed E-state index contributed by atoms with van der Waals surface area (Å²) in [5.74, 6) is 1.18. The molecule has 1 aromatic rings. The van der Waals surface area contributed by atoms with Crippen molar-refractivity contribution in [2.75, 3.05) is 51.7 Å². The van der Waals surface area contributed by atoms with E-state index in [1.807, 2.05) is 6.20 Å². The van der Waals surface area contributed by atoms with Crippen LogP contribution in [0.4, 0.5) is 5.95 Å². The number of hydrogen-bond donors (Lipinski definition) is 0. The van der Waals surface area contributed by atoms with E-state index in [1.165, 1.54) is 12.0 Å². The minimum atomic E-state index is 0.194. The van der Waals surface area contributed by atoms with Crippen LogP contribution < -0.4 is 4.90 Å². The molecule has 2 aliphatic rings. The molecule has 0 aromatic carbocycles. The third-order valence-corrected chi connectivity index (χ3v) is 5.91. The smallest absolute Gasteiger partial charge is 0.225 e. The molecule has 2 saturated heterocycles. The van der Waals surface area contributed by atoms with Gasteiger partial charge < -0.3 is 14.7 Å². The number of hydrogen-bond acceptors (Lipinski definition) is 5. The van der Waals surface area contributed by atoms with Crippen molar-refractivity contribution in [2.24, 2.45) is 5.41 Å². The Bertz CT molecular complexity index is 647. The Balaban J connectivity index is 1.73. The van der Waals surface area contributed by atoms with Crippen molar-refractivity contribution in [3.63, 3.8) is 0 Å². The monoisotopic (exact) mass is 359 g/mol. The van der Waals surface area contributed by atoms with Gasteiger partial charge in [0, 0.05) is 56.5 Å². The van der Waals surface area contributed by atoms with Crippen LogP contribution in [0.5, 0.6) is 0 Å². The molecule has 2 aliphatic heterocycles. The summed E-state index contributed by atoms with van der Waals surface area (Å²) in [6.45, 7) is 8.83. The maximum atomic E-state index is 12.4. The maximum Gasteiger partial charge on any atom is 0.225 e. The summed E-state index contributed by atoms with van der Waals surface area (Å²) in [4.78, 5) is 28.4. The molecule has 6 heteroatoms. The number of likely N-dealkylation sites (N-methyl/N-ethyl adjacent to an activating group) is 1. The van der Waals surface area contributed by atoms with E-state index >= 15 is 0 Å². The third kappa shape index (κ3) is 4.17. The minimum absolute atomic E-state index is 0.194. The van der Waals surface area contributed by atoms with Crippen LogP contribution >= 0.6 is 0 Å². The SMILES string of the molecule is CCc1nc(N2CCC[C@@]3(CCC(=O)N(CCN(C)C)C3)C2)ncc1C. The maximum absolute atomic E-state index is 12.4. The lowest BCUT2D eigenvalue weighted by molar-refractivity contribution is -0.138. The molecule has 1 amide bonds. The number of rotatable bonds is 5. The molecule has 0 saturated carbocycles. The Labute approximate surface area is 157 Å². The molecule has 6 nitrogen and oxygen atoms in total. The fourth-order valence-electron chi connectivity index (χ4n) is 4.32. The molecule has 0 N–H and O–H groups in total. The van der Waals surface area contributed by atoms with Gasteiger partial charge in [0.1, 0.15) is 0 Å². The highest BCUT2D eigenvalue weighted by molar-refractivity contribution is 5.77. The summed E-state index contributed by atoms with van der Waals surface area (Å²) in [5.41, 5.74) is 2.50. The zero-order valence-electron chi connectivity index (χ0n) is 16.8. The van der Waals surface area contributed by atoms with Crippen LogP contribution in [0.25, 0.3) is 0 Å². The molecule has 26 heavy (non-hydrogen) atoms. The molecule has 144 valence electrons. The van der Waals surface area contributed by atoms with Crippen molar-refractivity contribution in [2.45, 2.75) is 46.0 Å². The zero-order chi connectivity index (χ0) is 18.7. The topological polar surface area (TPSA) is 52.6 Å². The van der Waals surface area contributed by atoms with Crippen molar-refractivity contribution in [1.29, 1.82) is 0 Å². The van der Waals surface area contributed by atoms with Gasteiger partial charge in [-0.15, -0.1) is 0 Å². The van der Waals surface area contributed by atoms with Crippen molar-refractivity contribution in [3.8, 4) is 0 Å². The lowest BCUT2D eigenvalue weighted by Crippen LogP contribution is -2.55. The first-order valence-electron chi connectivity index (χ1n) is 9.92. The average Bonchev–Trinajstić information content (AvgIpc) is 2.63. The zero-order valence-corrected chi connectivity index (χ0v) is 16.8. The van der Waals surface area contributed by atoms with E-state index in [0.29, 0.717) is 12.3 Å². The molecule has 3 rings (SSSR count). The number of carbonyl (C=O) groups excluding carboxylic acids is 1. The van der Waals surface area contributed by atoms with Crippen LogP contribution in [0.2, 0.25) is 0 Å². The molecule has 0 radical (unpaired) electrons. The van der Waals surface area contributed by atoms with Gasteiger partial charge in [0.05, 0.1) is 0 Å². The lowest BCUT2D eigenvalue weighted by Gasteiger charge is -2.48. The van der Waals surface area contributed by atoms with Crippen molar-refractivity contribution >= 4 is 11.9 Å². The molecule has 1 atom stereocenters. The van der Waals surface area contributed by atoms with Crippen LogP contribution in [-0.2, 0) is 11.2 Å². The van der Waals surface area contributed by atoms with E-state index in [0.717, 1.165) is 63.6 Å². The Morgan fingerprint density at radius 1 is 1.27 bits per heavy atom. The van der Waals surface area contributed by atoms with Gasteiger partial charge in [-0.1, -0.05) is 6.92 Å². The fourth-order valence-corrected chi connectivity index (χ4v) is 4.32. The minimum Gasteiger partial charge on any atom is -0.341 e. The van der Waals surface area contributed by atoms with E-state index in [9.17, 15) is 4.79 Å². The van der Waals surface area contributed by atoms with Gasteiger partial charge in [0.25, 0.3) is 0 Å². The van der Waals surface area contributed by atoms with E-state index in [1.54, 1.807) is 0 Å². The molecule has 1 spiro atoms. The third-order valence-electron chi connectivity index (χ3n) is 5.91. The first-order valence-corrected chi connectivity index (χ1v) is 9.92. The average molecular weight is 360 g/mol. The first kappa shape index (κ1) is 19.1. The van der Waals surface area contributed by atoms with E-state index in [2.05, 4.69) is 47.6 Å². The molecular weight excluding hydrogens is 326 g/mol. The number of likely N-dealkylation sites (tertiary alicyclic amines) is 1. The highest BCUT2D eigenvalue weighted by atomic mass is 16.2. The van der Waals surface area contributed by atoms with E-state index in [4.69, 9.17) is 4.98 Å². The normalized spacial score (nSPS) is 24.0. The summed E-state index contributed by atoms with van der Waals surface area (Å²) >= 11 is 0. The van der Waals surface area contributed by atoms with Crippen LogP contribution in [0, 0.1) is 12.3 Å². The van der Waals surface area contributed by atoms with Gasteiger partial charge in [-0.05, 0) is 52.3 Å². The second-order valence-electron chi connectivity index (χ2n) is 8.30. The van der Waals surface area contributed by atoms with E-state index in [-0.39, 0.29) is 5.41 Å². The molecule has 3 heterocycles. The number of anilines is 1. The second kappa shape index (κ2) is 7.91. The standard InChI is InChI=1S/C20H33N5O/c1-5-17-16(2)13-21-19(22-17)25-10-6-8-20(15-25)9-7-18(26)24(14-20)12-11-23(3)4/h13H,5-12,14-15H2,1-4H3/t20-/m0/s1. The number of aromatic nitrogens is 2. The number of piperidine rings is 2. The van der Waals surface area contributed by atoms with Gasteiger partial charge in [0.2, 0.25) is 11.9 Å². The van der Waals surface area contributed by atoms with Gasteiger partial charge in [-0.3, -0.25) is 4.79 Å². The Kier molecular flexibility index (Phi) is 5.80. The Hall–Kier alpha value is -1.69. The van der Waals surface area contributed by atoms with Crippen LogP contribution in [0.3, 0.4) is 0 Å².